The molecule has 1 heterocycles. The SMILES string of the molecule is CC(C)(C#N)CNCc1cc(Br)c(Cl)s1. The predicted molar refractivity (Wildman–Crippen MR) is 68.1 cm³/mol. The van der Waals surface area contributed by atoms with E-state index in [9.17, 15) is 0 Å². The van der Waals surface area contributed by atoms with Gasteiger partial charge >= 0.3 is 0 Å². The second-order valence-electron chi connectivity index (χ2n) is 3.93. The minimum Gasteiger partial charge on any atom is -0.310 e. The van der Waals surface area contributed by atoms with Crippen molar-refractivity contribution in [2.24, 2.45) is 5.41 Å². The molecule has 0 saturated heterocycles. The summed E-state index contributed by atoms with van der Waals surface area (Å²) >= 11 is 10.8. The van der Waals surface area contributed by atoms with Crippen molar-refractivity contribution in [1.82, 2.24) is 5.32 Å². The molecule has 0 fully saturated rings. The first-order valence-electron chi connectivity index (χ1n) is 4.50. The number of hydrogen-bond acceptors (Lipinski definition) is 3. The van der Waals surface area contributed by atoms with Gasteiger partial charge in [-0.2, -0.15) is 5.26 Å². The maximum absolute atomic E-state index is 8.82. The molecular formula is C10H12BrClN2S. The predicted octanol–water partition coefficient (Wildman–Crippen LogP) is 3.80. The number of hydrogen-bond donors (Lipinski definition) is 1. The number of nitrogens with one attached hydrogen (secondary N) is 1. The summed E-state index contributed by atoms with van der Waals surface area (Å²) in [7, 11) is 0. The van der Waals surface area contributed by atoms with E-state index in [1.54, 1.807) is 11.3 Å². The molecule has 0 amide bonds. The van der Waals surface area contributed by atoms with Gasteiger partial charge in [-0.1, -0.05) is 11.6 Å². The van der Waals surface area contributed by atoms with Gasteiger partial charge in [0.1, 0.15) is 4.34 Å². The van der Waals surface area contributed by atoms with Crippen molar-refractivity contribution in [1.29, 1.82) is 5.26 Å². The average molecular weight is 308 g/mol. The largest absolute Gasteiger partial charge is 0.310 e. The molecule has 0 unspecified atom stereocenters. The molecule has 1 N–H and O–H groups in total. The summed E-state index contributed by atoms with van der Waals surface area (Å²) in [6.45, 7) is 5.26. The Balaban J connectivity index is 2.42. The topological polar surface area (TPSA) is 35.8 Å². The Kier molecular flexibility index (Phi) is 4.60. The van der Waals surface area contributed by atoms with Gasteiger partial charge in [-0.25, -0.2) is 0 Å². The summed E-state index contributed by atoms with van der Waals surface area (Å²) in [5.74, 6) is 0. The van der Waals surface area contributed by atoms with Gasteiger partial charge in [0.2, 0.25) is 0 Å². The number of rotatable bonds is 4. The van der Waals surface area contributed by atoms with Crippen LogP contribution in [0.25, 0.3) is 0 Å². The highest BCUT2D eigenvalue weighted by Gasteiger charge is 2.15. The third-order valence-corrected chi connectivity index (χ3v) is 4.34. The van der Waals surface area contributed by atoms with E-state index in [1.807, 2.05) is 19.9 Å². The third kappa shape index (κ3) is 4.12. The van der Waals surface area contributed by atoms with Crippen LogP contribution >= 0.6 is 38.9 Å². The summed E-state index contributed by atoms with van der Waals surface area (Å²) in [6, 6.07) is 4.25. The van der Waals surface area contributed by atoms with Crippen LogP contribution in [-0.2, 0) is 6.54 Å². The van der Waals surface area contributed by atoms with Crippen LogP contribution in [0.1, 0.15) is 18.7 Å². The Hall–Kier alpha value is -0.0800. The number of halogens is 2. The lowest BCUT2D eigenvalue weighted by Gasteiger charge is -2.15. The van der Waals surface area contributed by atoms with Gasteiger partial charge in [-0.15, -0.1) is 11.3 Å². The zero-order valence-electron chi connectivity index (χ0n) is 8.60. The smallest absolute Gasteiger partial charge is 0.107 e. The molecule has 1 aromatic heterocycles. The van der Waals surface area contributed by atoms with E-state index in [4.69, 9.17) is 16.9 Å². The molecule has 0 aliphatic rings. The van der Waals surface area contributed by atoms with Crippen molar-refractivity contribution < 1.29 is 0 Å². The fourth-order valence-electron chi connectivity index (χ4n) is 1.02. The molecule has 0 saturated carbocycles. The molecule has 5 heteroatoms. The van der Waals surface area contributed by atoms with Crippen molar-refractivity contribution in [3.8, 4) is 6.07 Å². The third-order valence-electron chi connectivity index (χ3n) is 1.87. The molecule has 0 aliphatic heterocycles. The van der Waals surface area contributed by atoms with Gasteiger partial charge in [0.05, 0.1) is 11.5 Å². The Bertz CT molecular complexity index is 362. The van der Waals surface area contributed by atoms with E-state index in [1.165, 1.54) is 4.88 Å². The number of nitrogens with zero attached hydrogens (tertiary/aromatic N) is 1. The standard InChI is InChI=1S/C10H12BrClN2S/c1-10(2,5-13)6-14-4-7-3-8(11)9(12)15-7/h3,14H,4,6H2,1-2H3. The minimum atomic E-state index is -0.321. The van der Waals surface area contributed by atoms with E-state index < -0.39 is 0 Å². The summed E-state index contributed by atoms with van der Waals surface area (Å²) < 4.78 is 1.71. The first-order chi connectivity index (χ1) is 6.94. The van der Waals surface area contributed by atoms with Crippen molar-refractivity contribution in [3.05, 3.63) is 19.8 Å². The van der Waals surface area contributed by atoms with Crippen molar-refractivity contribution in [3.63, 3.8) is 0 Å². The monoisotopic (exact) mass is 306 g/mol. The van der Waals surface area contributed by atoms with E-state index in [0.29, 0.717) is 6.54 Å². The first kappa shape index (κ1) is 13.0. The van der Waals surface area contributed by atoms with E-state index in [0.717, 1.165) is 15.4 Å². The van der Waals surface area contributed by atoms with Crippen LogP contribution in [0, 0.1) is 16.7 Å². The van der Waals surface area contributed by atoms with Gasteiger partial charge < -0.3 is 5.32 Å². The molecule has 2 nitrogen and oxygen atoms in total. The minimum absolute atomic E-state index is 0.321. The van der Waals surface area contributed by atoms with Crippen LogP contribution in [0.2, 0.25) is 4.34 Å². The van der Waals surface area contributed by atoms with Gasteiger partial charge in [0, 0.05) is 22.4 Å². The van der Waals surface area contributed by atoms with Crippen LogP contribution in [0.4, 0.5) is 0 Å². The van der Waals surface area contributed by atoms with Gasteiger partial charge in [0.15, 0.2) is 0 Å². The lowest BCUT2D eigenvalue weighted by Crippen LogP contribution is -2.27. The molecule has 0 radical (unpaired) electrons. The molecule has 15 heavy (non-hydrogen) atoms. The van der Waals surface area contributed by atoms with Gasteiger partial charge in [0.25, 0.3) is 0 Å². The Morgan fingerprint density at radius 2 is 2.33 bits per heavy atom. The Morgan fingerprint density at radius 1 is 1.67 bits per heavy atom. The van der Waals surface area contributed by atoms with Gasteiger partial charge in [-0.05, 0) is 35.8 Å². The van der Waals surface area contributed by atoms with Crippen molar-refractivity contribution in [2.45, 2.75) is 20.4 Å². The Labute approximate surface area is 107 Å². The Morgan fingerprint density at radius 3 is 2.80 bits per heavy atom. The maximum atomic E-state index is 8.82. The van der Waals surface area contributed by atoms with E-state index >= 15 is 0 Å². The number of thiophene rings is 1. The fraction of sp³-hybridized carbons (Fsp3) is 0.500. The zero-order valence-corrected chi connectivity index (χ0v) is 11.8. The highest BCUT2D eigenvalue weighted by molar-refractivity contribution is 9.10. The first-order valence-corrected chi connectivity index (χ1v) is 6.49. The highest BCUT2D eigenvalue weighted by Crippen LogP contribution is 2.31. The second kappa shape index (κ2) is 5.31. The second-order valence-corrected chi connectivity index (χ2v) is 6.53. The van der Waals surface area contributed by atoms with Crippen LogP contribution in [-0.4, -0.2) is 6.54 Å². The lowest BCUT2D eigenvalue weighted by atomic mass is 9.96. The van der Waals surface area contributed by atoms with E-state index in [-0.39, 0.29) is 5.41 Å². The zero-order chi connectivity index (χ0) is 11.5. The van der Waals surface area contributed by atoms with Crippen LogP contribution in [0.15, 0.2) is 10.5 Å². The number of nitriles is 1. The molecule has 0 atom stereocenters. The molecule has 1 rings (SSSR count). The van der Waals surface area contributed by atoms with Crippen molar-refractivity contribution >= 4 is 38.9 Å². The molecule has 0 bridgehead atoms. The summed E-state index contributed by atoms with van der Waals surface area (Å²) in [4.78, 5) is 1.17. The lowest BCUT2D eigenvalue weighted by molar-refractivity contribution is 0.446. The summed E-state index contributed by atoms with van der Waals surface area (Å²) in [5, 5.41) is 12.1. The van der Waals surface area contributed by atoms with Crippen molar-refractivity contribution in [2.75, 3.05) is 6.54 Å². The van der Waals surface area contributed by atoms with Crippen LogP contribution in [0.3, 0.4) is 0 Å². The van der Waals surface area contributed by atoms with Crippen LogP contribution in [0.5, 0.6) is 0 Å². The fourth-order valence-corrected chi connectivity index (χ4v) is 2.78. The molecule has 0 spiro atoms. The summed E-state index contributed by atoms with van der Waals surface area (Å²) in [6.07, 6.45) is 0. The normalized spacial score (nSPS) is 11.4. The summed E-state index contributed by atoms with van der Waals surface area (Å²) in [5.41, 5.74) is -0.321. The quantitative estimate of drug-likeness (QED) is 0.918. The van der Waals surface area contributed by atoms with E-state index in [2.05, 4.69) is 27.3 Å². The molecule has 82 valence electrons. The van der Waals surface area contributed by atoms with Gasteiger partial charge in [-0.3, -0.25) is 0 Å². The average Bonchev–Trinajstić information content (AvgIpc) is 2.46. The molecular weight excluding hydrogens is 296 g/mol. The maximum Gasteiger partial charge on any atom is 0.107 e. The molecule has 1 aromatic rings. The molecule has 0 aliphatic carbocycles. The highest BCUT2D eigenvalue weighted by atomic mass is 79.9. The van der Waals surface area contributed by atoms with Crippen LogP contribution < -0.4 is 5.32 Å². The molecule has 0 aromatic carbocycles.